The second kappa shape index (κ2) is 7.03. The molecule has 2 aliphatic rings. The molecule has 2 amide bonds. The van der Waals surface area contributed by atoms with Crippen molar-refractivity contribution in [3.63, 3.8) is 0 Å². The Morgan fingerprint density at radius 1 is 1.20 bits per heavy atom. The highest BCUT2D eigenvalue weighted by molar-refractivity contribution is 7.91. The fourth-order valence-electron chi connectivity index (χ4n) is 3.62. The summed E-state index contributed by atoms with van der Waals surface area (Å²) in [5.41, 5.74) is 3.31. The van der Waals surface area contributed by atoms with Crippen LogP contribution in [0.2, 0.25) is 5.02 Å². The van der Waals surface area contributed by atoms with Crippen molar-refractivity contribution < 1.29 is 13.2 Å². The van der Waals surface area contributed by atoms with E-state index in [1.165, 1.54) is 0 Å². The van der Waals surface area contributed by atoms with Crippen LogP contribution in [0.4, 0.5) is 10.5 Å². The van der Waals surface area contributed by atoms with Gasteiger partial charge in [-0.25, -0.2) is 13.2 Å². The number of benzene rings is 1. The molecule has 2 saturated heterocycles. The summed E-state index contributed by atoms with van der Waals surface area (Å²) < 4.78 is 23.0. The Hall–Kier alpha value is -1.47. The van der Waals surface area contributed by atoms with Gasteiger partial charge >= 0.3 is 6.03 Å². The first kappa shape index (κ1) is 18.3. The first-order chi connectivity index (χ1) is 11.7. The summed E-state index contributed by atoms with van der Waals surface area (Å²) in [6.07, 6.45) is 0.506. The molecule has 0 spiro atoms. The molecule has 0 aromatic heterocycles. The van der Waals surface area contributed by atoms with E-state index in [9.17, 15) is 13.2 Å². The lowest BCUT2D eigenvalue weighted by molar-refractivity contribution is 0.191. The minimum atomic E-state index is -2.99. The number of carbonyl (C=O) groups excluding carboxylic acids is 1. The number of rotatable bonds is 2. The average Bonchev–Trinajstić information content (AvgIpc) is 2.85. The maximum Gasteiger partial charge on any atom is 0.317 e. The molecule has 1 N–H and O–H groups in total. The quantitative estimate of drug-likeness (QED) is 0.845. The van der Waals surface area contributed by atoms with Crippen LogP contribution in [-0.2, 0) is 9.84 Å². The summed E-state index contributed by atoms with van der Waals surface area (Å²) in [5, 5.41) is 3.59. The number of sulfone groups is 1. The summed E-state index contributed by atoms with van der Waals surface area (Å²) in [7, 11) is -2.99. The molecule has 3 rings (SSSR count). The number of anilines is 1. The smallest absolute Gasteiger partial charge is 0.317 e. The fraction of sp³-hybridized carbons (Fsp3) is 0.588. The van der Waals surface area contributed by atoms with Gasteiger partial charge in [0.2, 0.25) is 0 Å². The number of amides is 2. The number of halogens is 1. The lowest BCUT2D eigenvalue weighted by atomic mass is 10.1. The molecule has 0 saturated carbocycles. The standard InChI is InChI=1S/C17H24ClN3O3S/c1-12-9-13(2)16(15(18)10-12)20-4-6-21(7-5-20)17(22)19-14-3-8-25(23,24)11-14/h9-10,14H,3-8,11H2,1-2H3,(H,19,22). The van der Waals surface area contributed by atoms with E-state index in [1.54, 1.807) is 4.90 Å². The molecule has 138 valence electrons. The van der Waals surface area contributed by atoms with Crippen LogP contribution < -0.4 is 10.2 Å². The van der Waals surface area contributed by atoms with Gasteiger partial charge in [0.1, 0.15) is 0 Å². The fourth-order valence-corrected chi connectivity index (χ4v) is 5.73. The van der Waals surface area contributed by atoms with Gasteiger partial charge in [0.05, 0.1) is 22.2 Å². The van der Waals surface area contributed by atoms with Gasteiger partial charge in [-0.15, -0.1) is 0 Å². The number of nitrogens with one attached hydrogen (secondary N) is 1. The van der Waals surface area contributed by atoms with E-state index in [0.29, 0.717) is 32.6 Å². The number of hydrogen-bond donors (Lipinski definition) is 1. The van der Waals surface area contributed by atoms with E-state index in [1.807, 2.05) is 19.9 Å². The number of hydrogen-bond acceptors (Lipinski definition) is 4. The van der Waals surface area contributed by atoms with E-state index in [4.69, 9.17) is 11.6 Å². The maximum atomic E-state index is 12.4. The second-order valence-electron chi connectivity index (χ2n) is 6.94. The first-order valence-corrected chi connectivity index (χ1v) is 10.7. The Morgan fingerprint density at radius 3 is 2.44 bits per heavy atom. The Labute approximate surface area is 154 Å². The highest BCUT2D eigenvalue weighted by atomic mass is 35.5. The molecule has 25 heavy (non-hydrogen) atoms. The predicted molar refractivity (Wildman–Crippen MR) is 100 cm³/mol. The molecular weight excluding hydrogens is 362 g/mol. The first-order valence-electron chi connectivity index (χ1n) is 8.53. The molecule has 1 atom stereocenters. The van der Waals surface area contributed by atoms with Gasteiger partial charge < -0.3 is 15.1 Å². The van der Waals surface area contributed by atoms with Crippen LogP contribution in [0.5, 0.6) is 0 Å². The Balaban J connectivity index is 1.58. The van der Waals surface area contributed by atoms with Crippen molar-refractivity contribution in [3.8, 4) is 0 Å². The number of carbonyl (C=O) groups is 1. The van der Waals surface area contributed by atoms with Gasteiger partial charge in [-0.1, -0.05) is 17.7 Å². The average molecular weight is 386 g/mol. The van der Waals surface area contributed by atoms with Gasteiger partial charge in [0.25, 0.3) is 0 Å². The van der Waals surface area contributed by atoms with Crippen LogP contribution in [0.1, 0.15) is 17.5 Å². The molecular formula is C17H24ClN3O3S. The number of aryl methyl sites for hydroxylation is 2. The van der Waals surface area contributed by atoms with Crippen molar-refractivity contribution in [3.05, 3.63) is 28.3 Å². The number of nitrogens with zero attached hydrogens (tertiary/aromatic N) is 2. The maximum absolute atomic E-state index is 12.4. The van der Waals surface area contributed by atoms with Crippen LogP contribution in [-0.4, -0.2) is 63.1 Å². The van der Waals surface area contributed by atoms with Crippen LogP contribution in [0.15, 0.2) is 12.1 Å². The van der Waals surface area contributed by atoms with Gasteiger partial charge in [0.15, 0.2) is 9.84 Å². The zero-order valence-electron chi connectivity index (χ0n) is 14.6. The van der Waals surface area contributed by atoms with Crippen LogP contribution >= 0.6 is 11.6 Å². The highest BCUT2D eigenvalue weighted by Gasteiger charge is 2.31. The van der Waals surface area contributed by atoms with Gasteiger partial charge in [-0.2, -0.15) is 0 Å². The summed E-state index contributed by atoms with van der Waals surface area (Å²) in [6.45, 7) is 6.67. The molecule has 0 aliphatic carbocycles. The predicted octanol–water partition coefficient (Wildman–Crippen LogP) is 1.98. The third-order valence-corrected chi connectivity index (χ3v) is 6.90. The van der Waals surface area contributed by atoms with Crippen molar-refractivity contribution in [2.24, 2.45) is 0 Å². The third kappa shape index (κ3) is 4.20. The van der Waals surface area contributed by atoms with Crippen LogP contribution in [0.3, 0.4) is 0 Å². The zero-order valence-corrected chi connectivity index (χ0v) is 16.2. The minimum absolute atomic E-state index is 0.0525. The molecule has 8 heteroatoms. The minimum Gasteiger partial charge on any atom is -0.367 e. The van der Waals surface area contributed by atoms with Crippen molar-refractivity contribution in [1.29, 1.82) is 0 Å². The molecule has 1 unspecified atom stereocenters. The number of piperazine rings is 1. The van der Waals surface area contributed by atoms with E-state index < -0.39 is 9.84 Å². The molecule has 0 bridgehead atoms. The van der Waals surface area contributed by atoms with E-state index in [-0.39, 0.29) is 23.6 Å². The van der Waals surface area contributed by atoms with Crippen LogP contribution in [0.25, 0.3) is 0 Å². The highest BCUT2D eigenvalue weighted by Crippen LogP contribution is 2.31. The lowest BCUT2D eigenvalue weighted by Crippen LogP contribution is -2.53. The topological polar surface area (TPSA) is 69.7 Å². The summed E-state index contributed by atoms with van der Waals surface area (Å²) in [4.78, 5) is 16.3. The van der Waals surface area contributed by atoms with Crippen LogP contribution in [0, 0.1) is 13.8 Å². The second-order valence-corrected chi connectivity index (χ2v) is 9.57. The van der Waals surface area contributed by atoms with Crippen molar-refractivity contribution in [2.45, 2.75) is 26.3 Å². The Kier molecular flexibility index (Phi) is 5.16. The summed E-state index contributed by atoms with van der Waals surface area (Å²) >= 11 is 6.42. The summed E-state index contributed by atoms with van der Waals surface area (Å²) in [6, 6.07) is 3.64. The molecule has 1 aromatic carbocycles. The van der Waals surface area contributed by atoms with E-state index >= 15 is 0 Å². The largest absolute Gasteiger partial charge is 0.367 e. The molecule has 6 nitrogen and oxygen atoms in total. The van der Waals surface area contributed by atoms with Crippen molar-refractivity contribution in [2.75, 3.05) is 42.6 Å². The van der Waals surface area contributed by atoms with E-state index in [2.05, 4.69) is 16.3 Å². The molecule has 0 radical (unpaired) electrons. The molecule has 2 fully saturated rings. The Morgan fingerprint density at radius 2 is 1.88 bits per heavy atom. The molecule has 2 aliphatic heterocycles. The molecule has 2 heterocycles. The monoisotopic (exact) mass is 385 g/mol. The summed E-state index contributed by atoms with van der Waals surface area (Å²) in [5.74, 6) is 0.216. The molecule has 1 aromatic rings. The van der Waals surface area contributed by atoms with Gasteiger partial charge in [0, 0.05) is 32.2 Å². The Bertz CT molecular complexity index is 750. The third-order valence-electron chi connectivity index (χ3n) is 4.84. The van der Waals surface area contributed by atoms with Crippen molar-refractivity contribution in [1.82, 2.24) is 10.2 Å². The van der Waals surface area contributed by atoms with E-state index in [0.717, 1.165) is 21.8 Å². The normalized spacial score (nSPS) is 22.9. The van der Waals surface area contributed by atoms with Gasteiger partial charge in [-0.05, 0) is 37.5 Å². The lowest BCUT2D eigenvalue weighted by Gasteiger charge is -2.37. The SMILES string of the molecule is Cc1cc(C)c(N2CCN(C(=O)NC3CCS(=O)(=O)C3)CC2)c(Cl)c1. The zero-order chi connectivity index (χ0) is 18.2. The van der Waals surface area contributed by atoms with Crippen molar-refractivity contribution >= 4 is 33.2 Å². The number of urea groups is 1. The van der Waals surface area contributed by atoms with Gasteiger partial charge in [-0.3, -0.25) is 0 Å².